The van der Waals surface area contributed by atoms with Crippen molar-refractivity contribution < 1.29 is 0 Å². The van der Waals surface area contributed by atoms with Crippen LogP contribution in [0.15, 0.2) is 48.8 Å². The number of hydrogen-bond acceptors (Lipinski definition) is 4. The minimum absolute atomic E-state index is 0.342. The largest absolute Gasteiger partial charge is 0.260 e. The van der Waals surface area contributed by atoms with Gasteiger partial charge in [-0.3, -0.25) is 19.3 Å². The molecular formula is C21H29N4P. The Morgan fingerprint density at radius 2 is 1.38 bits per heavy atom. The van der Waals surface area contributed by atoms with E-state index in [1.165, 1.54) is 37.1 Å². The van der Waals surface area contributed by atoms with Gasteiger partial charge in [0, 0.05) is 51.4 Å². The van der Waals surface area contributed by atoms with Gasteiger partial charge in [-0.05, 0) is 37.1 Å². The highest BCUT2D eigenvalue weighted by atomic mass is 31.1. The Kier molecular flexibility index (Phi) is 5.63. The van der Waals surface area contributed by atoms with E-state index < -0.39 is 0 Å². The van der Waals surface area contributed by atoms with E-state index in [1.807, 2.05) is 24.5 Å². The third-order valence-corrected chi connectivity index (χ3v) is 8.40. The molecule has 1 saturated carbocycles. The Labute approximate surface area is 158 Å². The van der Waals surface area contributed by atoms with Crippen LogP contribution in [0.4, 0.5) is 0 Å². The fourth-order valence-electron chi connectivity index (χ4n) is 4.53. The third-order valence-electron chi connectivity index (χ3n) is 5.55. The first kappa shape index (κ1) is 18.0. The lowest BCUT2D eigenvalue weighted by molar-refractivity contribution is 0.196. The second-order valence-corrected chi connectivity index (χ2v) is 10.4. The van der Waals surface area contributed by atoms with Crippen LogP contribution in [0.2, 0.25) is 0 Å². The van der Waals surface area contributed by atoms with Crippen LogP contribution in [-0.2, 0) is 13.1 Å². The molecule has 2 aromatic heterocycles. The molecule has 0 bridgehead atoms. The van der Waals surface area contributed by atoms with Crippen molar-refractivity contribution in [1.29, 1.82) is 0 Å². The minimum Gasteiger partial charge on any atom is -0.260 e. The average Bonchev–Trinajstić information content (AvgIpc) is 2.97. The molecule has 0 radical (unpaired) electrons. The predicted molar refractivity (Wildman–Crippen MR) is 108 cm³/mol. The van der Waals surface area contributed by atoms with Crippen molar-refractivity contribution >= 4 is 8.22 Å². The summed E-state index contributed by atoms with van der Waals surface area (Å²) in [6.45, 7) is 6.73. The lowest BCUT2D eigenvalue weighted by Crippen LogP contribution is -2.39. The summed E-state index contributed by atoms with van der Waals surface area (Å²) in [6, 6.07) is 13.9. The predicted octanol–water partition coefficient (Wildman–Crippen LogP) is 4.83. The summed E-state index contributed by atoms with van der Waals surface area (Å²) in [4.78, 5) is 9.24. The van der Waals surface area contributed by atoms with Crippen LogP contribution in [0.25, 0.3) is 0 Å². The van der Waals surface area contributed by atoms with Crippen LogP contribution in [0.3, 0.4) is 0 Å². The first-order valence-electron chi connectivity index (χ1n) is 9.86. The van der Waals surface area contributed by atoms with Gasteiger partial charge in [0.25, 0.3) is 0 Å². The van der Waals surface area contributed by atoms with Crippen LogP contribution < -0.4 is 0 Å². The van der Waals surface area contributed by atoms with Crippen molar-refractivity contribution in [3.05, 3.63) is 60.2 Å². The van der Waals surface area contributed by atoms with Crippen molar-refractivity contribution in [2.24, 2.45) is 0 Å². The molecule has 1 saturated heterocycles. The smallest absolute Gasteiger partial charge is 0.0547 e. The summed E-state index contributed by atoms with van der Waals surface area (Å²) < 4.78 is 5.60. The van der Waals surface area contributed by atoms with Gasteiger partial charge in [0.1, 0.15) is 0 Å². The highest BCUT2D eigenvalue weighted by Crippen LogP contribution is 2.60. The molecule has 2 fully saturated rings. The van der Waals surface area contributed by atoms with Gasteiger partial charge in [0.2, 0.25) is 0 Å². The van der Waals surface area contributed by atoms with Crippen molar-refractivity contribution in [2.75, 3.05) is 0 Å². The summed E-state index contributed by atoms with van der Waals surface area (Å²) >= 11 is 0. The van der Waals surface area contributed by atoms with Crippen molar-refractivity contribution in [3.8, 4) is 0 Å². The zero-order valence-electron chi connectivity index (χ0n) is 15.8. The Balaban J connectivity index is 1.63. The van der Waals surface area contributed by atoms with Gasteiger partial charge < -0.3 is 0 Å². The summed E-state index contributed by atoms with van der Waals surface area (Å²) in [7, 11) is -0.342. The number of hydrogen-bond donors (Lipinski definition) is 0. The molecule has 4 nitrogen and oxygen atoms in total. The second kappa shape index (κ2) is 8.12. The molecule has 1 aliphatic heterocycles. The van der Waals surface area contributed by atoms with E-state index in [4.69, 9.17) is 0 Å². The highest BCUT2D eigenvalue weighted by molar-refractivity contribution is 7.53. The van der Waals surface area contributed by atoms with E-state index >= 15 is 0 Å². The molecule has 1 aliphatic carbocycles. The van der Waals surface area contributed by atoms with Crippen LogP contribution in [-0.4, -0.2) is 37.1 Å². The molecule has 5 heteroatoms. The van der Waals surface area contributed by atoms with Gasteiger partial charge >= 0.3 is 0 Å². The molecule has 2 aliphatic rings. The van der Waals surface area contributed by atoms with E-state index in [0.717, 1.165) is 13.1 Å². The summed E-state index contributed by atoms with van der Waals surface area (Å²) in [5.74, 6) is 0. The molecule has 2 atom stereocenters. The maximum Gasteiger partial charge on any atom is 0.0547 e. The molecule has 0 unspecified atom stereocenters. The van der Waals surface area contributed by atoms with Crippen LogP contribution in [0.5, 0.6) is 0 Å². The van der Waals surface area contributed by atoms with Gasteiger partial charge in [0.05, 0.1) is 11.4 Å². The van der Waals surface area contributed by atoms with E-state index in [1.54, 1.807) is 0 Å². The molecular weight excluding hydrogens is 339 g/mol. The first-order valence-corrected chi connectivity index (χ1v) is 11.2. The normalized spacial score (nSPS) is 24.9. The molecule has 138 valence electrons. The lowest BCUT2D eigenvalue weighted by atomic mass is 9.90. The third kappa shape index (κ3) is 3.69. The molecule has 0 amide bonds. The number of aromatic nitrogens is 2. The fourth-order valence-corrected chi connectivity index (χ4v) is 7.73. The van der Waals surface area contributed by atoms with E-state index in [9.17, 15) is 0 Å². The number of nitrogens with zero attached hydrogens (tertiary/aromatic N) is 4. The van der Waals surface area contributed by atoms with Gasteiger partial charge in [-0.15, -0.1) is 0 Å². The van der Waals surface area contributed by atoms with E-state index in [0.29, 0.717) is 17.7 Å². The van der Waals surface area contributed by atoms with Gasteiger partial charge in [-0.2, -0.15) is 0 Å². The maximum atomic E-state index is 4.62. The quantitative estimate of drug-likeness (QED) is 0.708. The Bertz CT molecular complexity index is 636. The fraction of sp³-hybridized carbons (Fsp3) is 0.524. The molecule has 0 aromatic carbocycles. The lowest BCUT2D eigenvalue weighted by Gasteiger charge is -2.34. The molecule has 4 rings (SSSR count). The van der Waals surface area contributed by atoms with Crippen LogP contribution in [0.1, 0.15) is 50.9 Å². The minimum atomic E-state index is -0.342. The van der Waals surface area contributed by atoms with Crippen LogP contribution >= 0.6 is 8.22 Å². The molecule has 26 heavy (non-hydrogen) atoms. The first-order chi connectivity index (χ1) is 12.7. The SMILES string of the molecule is CC(C)P1N(Cc2ccccn2)[C@@H]2CCCC[C@H]2N1Cc1ccccn1. The van der Waals surface area contributed by atoms with Gasteiger partial charge in [-0.25, -0.2) is 0 Å². The van der Waals surface area contributed by atoms with Crippen molar-refractivity contribution in [3.63, 3.8) is 0 Å². The number of fused-ring (bicyclic) bond motifs is 1. The summed E-state index contributed by atoms with van der Waals surface area (Å²) in [5, 5.41) is 0. The van der Waals surface area contributed by atoms with Crippen molar-refractivity contribution in [1.82, 2.24) is 19.3 Å². The second-order valence-electron chi connectivity index (χ2n) is 7.67. The van der Waals surface area contributed by atoms with Gasteiger partial charge in [0.15, 0.2) is 0 Å². The molecule has 2 aromatic rings. The Morgan fingerprint density at radius 3 is 1.77 bits per heavy atom. The van der Waals surface area contributed by atoms with E-state index in [-0.39, 0.29) is 8.22 Å². The molecule has 3 heterocycles. The standard InChI is InChI=1S/C21H29N4P/c1-17(2)26-24(15-18-9-5-7-13-22-18)20-11-3-4-12-21(20)25(26)16-19-10-6-8-14-23-19/h5-10,13-14,17,20-21H,3-4,11-12,15-16H2,1-2H3/t20-,21-/m1/s1. The van der Waals surface area contributed by atoms with E-state index in [2.05, 4.69) is 57.4 Å². The number of rotatable bonds is 5. The van der Waals surface area contributed by atoms with Crippen LogP contribution in [0, 0.1) is 0 Å². The summed E-state index contributed by atoms with van der Waals surface area (Å²) in [5.41, 5.74) is 3.04. The zero-order chi connectivity index (χ0) is 17.9. The molecule has 0 spiro atoms. The zero-order valence-corrected chi connectivity index (χ0v) is 16.7. The van der Waals surface area contributed by atoms with Crippen molar-refractivity contribution in [2.45, 2.75) is 70.4 Å². The van der Waals surface area contributed by atoms with Gasteiger partial charge in [-0.1, -0.05) is 38.8 Å². The maximum absolute atomic E-state index is 4.62. The summed E-state index contributed by atoms with van der Waals surface area (Å²) in [6.07, 6.45) is 9.21. The molecule has 0 N–H and O–H groups in total. The monoisotopic (exact) mass is 368 g/mol. The average molecular weight is 368 g/mol. The Morgan fingerprint density at radius 1 is 0.885 bits per heavy atom. The topological polar surface area (TPSA) is 32.3 Å². The Hall–Kier alpha value is -1.35. The number of pyridine rings is 2. The highest BCUT2D eigenvalue weighted by Gasteiger charge is 2.48.